The van der Waals surface area contributed by atoms with E-state index >= 15 is 0 Å². The van der Waals surface area contributed by atoms with Crippen molar-refractivity contribution >= 4 is 22.0 Å². The summed E-state index contributed by atoms with van der Waals surface area (Å²) in [5, 5.41) is 12.8. The minimum atomic E-state index is -0.912. The van der Waals surface area contributed by atoms with Crippen LogP contribution >= 0.6 is 15.9 Å². The number of hydrogen-bond donors (Lipinski definition) is 1. The highest BCUT2D eigenvalue weighted by Crippen LogP contribution is 2.12. The Kier molecular flexibility index (Phi) is 1.95. The van der Waals surface area contributed by atoms with E-state index in [4.69, 9.17) is 5.11 Å². The molecule has 13 heavy (non-hydrogen) atoms. The second-order valence-electron chi connectivity index (χ2n) is 2.72. The Morgan fingerprint density at radius 2 is 2.31 bits per heavy atom. The minimum absolute atomic E-state index is 0.313. The summed E-state index contributed by atoms with van der Waals surface area (Å²) in [7, 11) is 0. The molecule has 1 amide bonds. The van der Waals surface area contributed by atoms with Gasteiger partial charge in [-0.3, -0.25) is 4.90 Å². The van der Waals surface area contributed by atoms with Gasteiger partial charge in [0.1, 0.15) is 5.82 Å². The predicted octanol–water partition coefficient (Wildman–Crippen LogP) is 0.534. The van der Waals surface area contributed by atoms with Crippen LogP contribution in [-0.4, -0.2) is 37.4 Å². The molecule has 0 saturated carbocycles. The van der Waals surface area contributed by atoms with Gasteiger partial charge in [-0.2, -0.15) is 0 Å². The van der Waals surface area contributed by atoms with E-state index in [1.165, 1.54) is 4.90 Å². The average molecular weight is 247 g/mol. The topological polar surface area (TPSA) is 71.2 Å². The Balaban J connectivity index is 2.24. The Morgan fingerprint density at radius 3 is 3.00 bits per heavy atom. The second-order valence-corrected chi connectivity index (χ2v) is 3.43. The lowest BCUT2D eigenvalue weighted by Gasteiger charge is -2.23. The molecule has 1 aromatic rings. The molecular formula is C6H7BrN4O2. The fraction of sp³-hybridized carbons (Fsp3) is 0.500. The van der Waals surface area contributed by atoms with Crippen LogP contribution in [-0.2, 0) is 13.1 Å². The quantitative estimate of drug-likeness (QED) is 0.726. The smallest absolute Gasteiger partial charge is 0.407 e. The SMILES string of the molecule is O=C(O)N1CCn2nc(Br)nc2C1. The van der Waals surface area contributed by atoms with Gasteiger partial charge in [-0.25, -0.2) is 14.5 Å². The minimum Gasteiger partial charge on any atom is -0.465 e. The summed E-state index contributed by atoms with van der Waals surface area (Å²) in [6, 6.07) is 0. The van der Waals surface area contributed by atoms with Crippen LogP contribution < -0.4 is 0 Å². The van der Waals surface area contributed by atoms with Gasteiger partial charge in [0.2, 0.25) is 4.73 Å². The third kappa shape index (κ3) is 1.51. The lowest BCUT2D eigenvalue weighted by Crippen LogP contribution is -2.37. The summed E-state index contributed by atoms with van der Waals surface area (Å²) in [5.41, 5.74) is 0. The summed E-state index contributed by atoms with van der Waals surface area (Å²) in [4.78, 5) is 16.0. The molecule has 0 aliphatic carbocycles. The van der Waals surface area contributed by atoms with Crippen molar-refractivity contribution < 1.29 is 9.90 Å². The van der Waals surface area contributed by atoms with Gasteiger partial charge in [0.05, 0.1) is 13.1 Å². The first-order valence-electron chi connectivity index (χ1n) is 3.74. The van der Waals surface area contributed by atoms with Crippen LogP contribution in [0.25, 0.3) is 0 Å². The first kappa shape index (κ1) is 8.49. The molecule has 0 bridgehead atoms. The molecule has 1 N–H and O–H groups in total. The first-order chi connectivity index (χ1) is 6.16. The van der Waals surface area contributed by atoms with Crippen molar-refractivity contribution in [3.8, 4) is 0 Å². The van der Waals surface area contributed by atoms with E-state index in [9.17, 15) is 4.79 Å². The summed E-state index contributed by atoms with van der Waals surface area (Å²) in [5.74, 6) is 0.681. The van der Waals surface area contributed by atoms with Crippen LogP contribution in [0.5, 0.6) is 0 Å². The number of rotatable bonds is 0. The Morgan fingerprint density at radius 1 is 1.54 bits per heavy atom. The molecule has 70 valence electrons. The van der Waals surface area contributed by atoms with Crippen LogP contribution in [0.2, 0.25) is 0 Å². The van der Waals surface area contributed by atoms with Crippen LogP contribution in [0, 0.1) is 0 Å². The molecule has 2 rings (SSSR count). The molecule has 1 aromatic heterocycles. The maximum absolute atomic E-state index is 10.6. The number of nitrogens with zero attached hydrogens (tertiary/aromatic N) is 4. The van der Waals surface area contributed by atoms with Crippen molar-refractivity contribution in [2.45, 2.75) is 13.1 Å². The zero-order valence-electron chi connectivity index (χ0n) is 6.64. The fourth-order valence-corrected chi connectivity index (χ4v) is 1.66. The molecule has 0 unspecified atom stereocenters. The van der Waals surface area contributed by atoms with Gasteiger partial charge in [-0.1, -0.05) is 0 Å². The molecule has 6 nitrogen and oxygen atoms in total. The Hall–Kier alpha value is -1.11. The molecule has 0 aromatic carbocycles. The molecule has 0 fully saturated rings. The summed E-state index contributed by atoms with van der Waals surface area (Å²) in [6.07, 6.45) is -0.912. The van der Waals surface area contributed by atoms with Crippen molar-refractivity contribution in [2.75, 3.05) is 6.54 Å². The number of halogens is 1. The summed E-state index contributed by atoms with van der Waals surface area (Å²) in [6.45, 7) is 1.35. The van der Waals surface area contributed by atoms with Crippen molar-refractivity contribution in [2.24, 2.45) is 0 Å². The van der Waals surface area contributed by atoms with Crippen molar-refractivity contribution in [3.05, 3.63) is 10.6 Å². The molecular weight excluding hydrogens is 240 g/mol. The lowest BCUT2D eigenvalue weighted by molar-refractivity contribution is 0.130. The van der Waals surface area contributed by atoms with Gasteiger partial charge in [0.25, 0.3) is 0 Å². The van der Waals surface area contributed by atoms with Gasteiger partial charge in [0, 0.05) is 6.54 Å². The maximum atomic E-state index is 10.6. The van der Waals surface area contributed by atoms with E-state index < -0.39 is 6.09 Å². The summed E-state index contributed by atoms with van der Waals surface area (Å²) >= 11 is 3.14. The number of fused-ring (bicyclic) bond motifs is 1. The normalized spacial score (nSPS) is 15.6. The van der Waals surface area contributed by atoms with Crippen LogP contribution in [0.4, 0.5) is 4.79 Å². The van der Waals surface area contributed by atoms with Crippen LogP contribution in [0.3, 0.4) is 0 Å². The van der Waals surface area contributed by atoms with E-state index in [-0.39, 0.29) is 0 Å². The van der Waals surface area contributed by atoms with Gasteiger partial charge >= 0.3 is 6.09 Å². The number of carboxylic acid groups (broad SMARTS) is 1. The largest absolute Gasteiger partial charge is 0.465 e. The predicted molar refractivity (Wildman–Crippen MR) is 46.2 cm³/mol. The van der Waals surface area contributed by atoms with E-state index in [0.29, 0.717) is 30.2 Å². The number of hydrogen-bond acceptors (Lipinski definition) is 3. The van der Waals surface area contributed by atoms with Crippen molar-refractivity contribution in [1.82, 2.24) is 19.7 Å². The zero-order valence-corrected chi connectivity index (χ0v) is 8.23. The molecule has 2 heterocycles. The van der Waals surface area contributed by atoms with Gasteiger partial charge in [-0.15, -0.1) is 5.10 Å². The molecule has 1 aliphatic rings. The second kappa shape index (κ2) is 2.99. The molecule has 7 heteroatoms. The third-order valence-electron chi connectivity index (χ3n) is 1.91. The van der Waals surface area contributed by atoms with E-state index in [0.717, 1.165) is 0 Å². The number of amides is 1. The molecule has 0 radical (unpaired) electrons. The number of aromatic nitrogens is 3. The Labute approximate surface area is 82.3 Å². The standard InChI is InChI=1S/C6H7BrN4O2/c7-5-8-4-3-10(6(12)13)1-2-11(4)9-5/h1-3H2,(H,12,13). The molecule has 0 saturated heterocycles. The first-order valence-corrected chi connectivity index (χ1v) is 4.53. The van der Waals surface area contributed by atoms with E-state index in [2.05, 4.69) is 26.0 Å². The van der Waals surface area contributed by atoms with Crippen LogP contribution in [0.1, 0.15) is 5.82 Å². The highest BCUT2D eigenvalue weighted by Gasteiger charge is 2.22. The van der Waals surface area contributed by atoms with E-state index in [1.807, 2.05) is 0 Å². The fourth-order valence-electron chi connectivity index (χ4n) is 1.27. The molecule has 0 atom stereocenters. The Bertz CT molecular complexity index is 350. The average Bonchev–Trinajstić information content (AvgIpc) is 2.42. The van der Waals surface area contributed by atoms with Gasteiger partial charge in [-0.05, 0) is 15.9 Å². The third-order valence-corrected chi connectivity index (χ3v) is 2.24. The zero-order chi connectivity index (χ0) is 9.42. The molecule has 0 spiro atoms. The number of carbonyl (C=O) groups is 1. The van der Waals surface area contributed by atoms with Crippen molar-refractivity contribution in [3.63, 3.8) is 0 Å². The van der Waals surface area contributed by atoms with Crippen molar-refractivity contribution in [1.29, 1.82) is 0 Å². The van der Waals surface area contributed by atoms with Crippen LogP contribution in [0.15, 0.2) is 4.73 Å². The lowest BCUT2D eigenvalue weighted by atomic mass is 10.4. The van der Waals surface area contributed by atoms with Gasteiger partial charge in [0.15, 0.2) is 0 Å². The van der Waals surface area contributed by atoms with Gasteiger partial charge < -0.3 is 5.11 Å². The highest BCUT2D eigenvalue weighted by atomic mass is 79.9. The monoisotopic (exact) mass is 246 g/mol. The highest BCUT2D eigenvalue weighted by molar-refractivity contribution is 9.10. The summed E-state index contributed by atoms with van der Waals surface area (Å²) < 4.78 is 2.22. The maximum Gasteiger partial charge on any atom is 0.407 e. The van der Waals surface area contributed by atoms with E-state index in [1.54, 1.807) is 4.68 Å². The molecule has 1 aliphatic heterocycles.